The zero-order valence-electron chi connectivity index (χ0n) is 75.3. The Balaban J connectivity index is 1.39. The fraction of sp³-hybridized carbons (Fsp3) is 0.812. The van der Waals surface area contributed by atoms with Gasteiger partial charge in [-0.05, 0) is 0 Å². The maximum atomic E-state index is 12.8. The van der Waals surface area contributed by atoms with E-state index in [2.05, 4.69) is 31.9 Å². The minimum absolute atomic E-state index is 0.00449. The summed E-state index contributed by atoms with van der Waals surface area (Å²) in [5, 5.41) is 16.2. The molecule has 3 aliphatic heterocycles. The van der Waals surface area contributed by atoms with Gasteiger partial charge in [0, 0.05) is 127 Å². The van der Waals surface area contributed by atoms with Crippen LogP contribution in [0.4, 0.5) is 0 Å². The summed E-state index contributed by atoms with van der Waals surface area (Å²) in [5.74, 6) is -8.91. The highest BCUT2D eigenvalue weighted by Crippen LogP contribution is 2.32. The zero-order valence-corrected chi connectivity index (χ0v) is 75.3. The second-order valence-corrected chi connectivity index (χ2v) is 29.1. The van der Waals surface area contributed by atoms with E-state index in [1.54, 1.807) is 0 Å². The van der Waals surface area contributed by atoms with Crippen LogP contribution in [0.25, 0.3) is 0 Å². The molecule has 3 aliphatic rings. The fourth-order valence-corrected chi connectivity index (χ4v) is 12.2. The Morgan fingerprint density at radius 2 is 0.453 bits per heavy atom. The normalized spacial score (nSPS) is 22.3. The van der Waals surface area contributed by atoms with Gasteiger partial charge in [-0.1, -0.05) is 6.92 Å². The first-order valence-electron chi connectivity index (χ1n) is 41.9. The number of esters is 9. The molecule has 128 heavy (non-hydrogen) atoms. The van der Waals surface area contributed by atoms with Crippen molar-refractivity contribution >= 4 is 89.2 Å². The second kappa shape index (κ2) is 66.7. The third-order valence-corrected chi connectivity index (χ3v) is 17.5. The maximum absolute atomic E-state index is 12.8. The van der Waals surface area contributed by atoms with E-state index >= 15 is 0 Å². The third kappa shape index (κ3) is 52.2. The molecule has 0 aromatic heterocycles. The van der Waals surface area contributed by atoms with Gasteiger partial charge < -0.3 is 160 Å². The predicted octanol–water partition coefficient (Wildman–Crippen LogP) is -3.27. The number of rotatable bonds is 69. The van der Waals surface area contributed by atoms with E-state index < -0.39 is 169 Å². The van der Waals surface area contributed by atoms with Crippen LogP contribution in [0.5, 0.6) is 0 Å². The van der Waals surface area contributed by atoms with E-state index in [4.69, 9.17) is 128 Å². The van der Waals surface area contributed by atoms with Crippen molar-refractivity contribution in [1.82, 2.24) is 31.9 Å². The van der Waals surface area contributed by atoms with Gasteiger partial charge in [0.2, 0.25) is 35.4 Å². The van der Waals surface area contributed by atoms with Crippen molar-refractivity contribution in [3.63, 3.8) is 0 Å². The number of hydrogen-bond acceptors (Lipinski definition) is 42. The molecule has 15 atom stereocenters. The molecule has 3 heterocycles. The minimum atomic E-state index is -1.28. The van der Waals surface area contributed by atoms with Crippen molar-refractivity contribution < 1.29 is 200 Å². The monoisotopic (exact) mass is 1850 g/mol. The molecule has 3 saturated heterocycles. The Kier molecular flexibility index (Phi) is 59.1. The van der Waals surface area contributed by atoms with Crippen molar-refractivity contribution in [1.29, 1.82) is 0 Å². The van der Waals surface area contributed by atoms with Crippen LogP contribution in [0.15, 0.2) is 0 Å². The van der Waals surface area contributed by atoms with E-state index in [1.807, 2.05) is 6.92 Å². The Bertz CT molecular complexity index is 3000. The van der Waals surface area contributed by atoms with Gasteiger partial charge in [0.15, 0.2) is 55.5 Å². The number of hydrogen-bond donors (Lipinski definition) is 6. The smallest absolute Gasteiger partial charge is 0.303 e. The van der Waals surface area contributed by atoms with Gasteiger partial charge in [0.05, 0.1) is 178 Å². The molecule has 734 valence electrons. The quantitative estimate of drug-likeness (QED) is 0.0198. The molecule has 0 radical (unpaired) electrons. The Hall–Kier alpha value is -8.67. The minimum Gasteiger partial charge on any atom is -0.463 e. The van der Waals surface area contributed by atoms with Gasteiger partial charge >= 0.3 is 53.7 Å². The SMILES string of the molecule is CC(=O)NC1C(OCCOCCOCCOCCNC(=O)CCOCC(C)(COCCC(=O)NCCOCCOCCOCCOC2OC(COC(C)=O)C(OC(C)=O)C(OC(C)=O)C2NC(C)=O)COCCC(=O)NCCOCCOCCOCCOC2OC(COC(C)=O)C(OC(C)=O)C(OC(C)=O)C2NC(C)=O)OC(COC(C)=O)C(OC(C)=O)C1OC(C)=O. The highest BCUT2D eigenvalue weighted by molar-refractivity contribution is 5.78. The van der Waals surface area contributed by atoms with Gasteiger partial charge in [-0.15, -0.1) is 0 Å². The average Bonchev–Trinajstić information content (AvgIpc) is 0.796. The molecule has 0 bridgehead atoms. The number of carbonyl (C=O) groups excluding carboxylic acids is 15. The molecule has 6 N–H and O–H groups in total. The molecule has 0 aliphatic carbocycles. The predicted molar refractivity (Wildman–Crippen MR) is 431 cm³/mol. The summed E-state index contributed by atoms with van der Waals surface area (Å²) in [6, 6.07) is -3.40. The molecule has 6 amide bonds. The van der Waals surface area contributed by atoms with Crippen molar-refractivity contribution in [3.05, 3.63) is 0 Å². The average molecular weight is 1850 g/mol. The van der Waals surface area contributed by atoms with Gasteiger partial charge in [-0.2, -0.15) is 0 Å². The van der Waals surface area contributed by atoms with Crippen molar-refractivity contribution in [3.8, 4) is 0 Å². The molecular formula is C80H132N6O42. The van der Waals surface area contributed by atoms with Gasteiger partial charge in [0.1, 0.15) is 56.3 Å². The van der Waals surface area contributed by atoms with Crippen LogP contribution in [-0.4, -0.2) is 399 Å². The zero-order chi connectivity index (χ0) is 94.6. The first kappa shape index (κ1) is 114. The Morgan fingerprint density at radius 3 is 0.656 bits per heavy atom. The van der Waals surface area contributed by atoms with Gasteiger partial charge in [-0.3, -0.25) is 71.9 Å². The number of ether oxygens (including phenoxy) is 27. The molecule has 0 aromatic carbocycles. The van der Waals surface area contributed by atoms with E-state index in [1.165, 1.54) is 41.5 Å². The molecule has 3 fully saturated rings. The summed E-state index contributed by atoms with van der Waals surface area (Å²) in [7, 11) is 0. The highest BCUT2D eigenvalue weighted by Gasteiger charge is 2.54. The lowest BCUT2D eigenvalue weighted by Gasteiger charge is -2.44. The molecule has 0 aromatic rings. The molecule has 48 nitrogen and oxygen atoms in total. The lowest BCUT2D eigenvalue weighted by molar-refractivity contribution is -0.279. The Morgan fingerprint density at radius 1 is 0.250 bits per heavy atom. The summed E-state index contributed by atoms with van der Waals surface area (Å²) < 4.78 is 152. The fourth-order valence-electron chi connectivity index (χ4n) is 12.2. The number of amides is 6. The molecule has 15 unspecified atom stereocenters. The van der Waals surface area contributed by atoms with Crippen molar-refractivity contribution in [2.75, 3.05) is 218 Å². The van der Waals surface area contributed by atoms with E-state index in [0.717, 1.165) is 41.5 Å². The summed E-state index contributed by atoms with van der Waals surface area (Å²) in [5.41, 5.74) is -0.807. The van der Waals surface area contributed by atoms with Crippen LogP contribution in [0, 0.1) is 5.41 Å². The topological polar surface area (TPSA) is 577 Å². The van der Waals surface area contributed by atoms with Gasteiger partial charge in [-0.25, -0.2) is 0 Å². The van der Waals surface area contributed by atoms with Crippen molar-refractivity contribution in [2.45, 2.75) is 201 Å². The largest absolute Gasteiger partial charge is 0.463 e. The van der Waals surface area contributed by atoms with Crippen LogP contribution in [-0.2, 0) is 200 Å². The van der Waals surface area contributed by atoms with Crippen molar-refractivity contribution in [2.24, 2.45) is 5.41 Å². The standard InChI is InChI=1S/C80H132N6O42/c1-50(87)84-68-74(123-59(10)96)71(120-56(7)93)62(44-117-53(4)90)126-77(68)114-41-38-108-35-32-105-29-26-102-23-17-81-65(99)14-20-111-47-80(13,48-112-21-15-66(100)82-18-24-103-27-30-106-33-36-109-39-42-115-78-69(85-51(2)88)75(124-60(11)97)72(121-57(8)94)63(127-78)45-118-54(5)91)49-113-22-16-67(101)83-19-25-104-28-31-107-34-37-110-40-43-116-79-70(86-52(3)89)76(125-61(12)98)73(122-58(9)95)64(128-79)46-119-55(6)92/h62-64,68-79H,14-49H2,1-13H3,(H,81,99)(H,82,100)(H,83,101)(H,84,87)(H,85,88)(H,86,89). The molecule has 0 spiro atoms. The molecule has 48 heteroatoms. The van der Waals surface area contributed by atoms with Gasteiger partial charge in [0.25, 0.3) is 0 Å². The summed E-state index contributed by atoms with van der Waals surface area (Å²) in [6.07, 6.45) is -14.8. The summed E-state index contributed by atoms with van der Waals surface area (Å²) >= 11 is 0. The first-order valence-corrected chi connectivity index (χ1v) is 41.9. The maximum Gasteiger partial charge on any atom is 0.303 e. The Labute approximate surface area is 742 Å². The summed E-state index contributed by atoms with van der Waals surface area (Å²) in [4.78, 5) is 183. The van der Waals surface area contributed by atoms with E-state index in [9.17, 15) is 71.9 Å². The van der Waals surface area contributed by atoms with E-state index in [0.29, 0.717) is 0 Å². The van der Waals surface area contributed by atoms with Crippen LogP contribution in [0.3, 0.4) is 0 Å². The lowest BCUT2D eigenvalue weighted by Crippen LogP contribution is -2.66. The number of nitrogens with one attached hydrogen (secondary N) is 6. The lowest BCUT2D eigenvalue weighted by atomic mass is 9.94. The first-order chi connectivity index (χ1) is 61.1. The van der Waals surface area contributed by atoms with Crippen LogP contribution in [0.1, 0.15) is 109 Å². The number of carbonyl (C=O) groups is 15. The summed E-state index contributed by atoms with van der Waals surface area (Å²) in [6.45, 7) is 18.2. The molecule has 0 saturated carbocycles. The van der Waals surface area contributed by atoms with Crippen LogP contribution >= 0.6 is 0 Å². The van der Waals surface area contributed by atoms with E-state index in [-0.39, 0.29) is 255 Å². The highest BCUT2D eigenvalue weighted by atomic mass is 16.7. The van der Waals surface area contributed by atoms with Crippen LogP contribution in [0.2, 0.25) is 0 Å². The molecule has 3 rings (SSSR count). The third-order valence-electron chi connectivity index (χ3n) is 17.5. The second-order valence-electron chi connectivity index (χ2n) is 29.1. The van der Waals surface area contributed by atoms with Crippen LogP contribution < -0.4 is 31.9 Å². The molecular weight excluding hydrogens is 1720 g/mol.